The second kappa shape index (κ2) is 8.75. The number of allylic oxidation sites excluding steroid dienone is 2. The minimum Gasteiger partial charge on any atom is -0.410 e. The van der Waals surface area contributed by atoms with Gasteiger partial charge in [-0.3, -0.25) is 9.69 Å². The van der Waals surface area contributed by atoms with Crippen molar-refractivity contribution in [3.05, 3.63) is 53.2 Å². The molecule has 0 N–H and O–H groups in total. The van der Waals surface area contributed by atoms with Crippen molar-refractivity contribution < 1.29 is 14.3 Å². The summed E-state index contributed by atoms with van der Waals surface area (Å²) in [5.74, 6) is 0.976. The maximum absolute atomic E-state index is 12.4. The van der Waals surface area contributed by atoms with Crippen LogP contribution in [0.25, 0.3) is 0 Å². The lowest BCUT2D eigenvalue weighted by atomic mass is 9.98. The molecule has 6 heteroatoms. The first-order valence-electron chi connectivity index (χ1n) is 7.31. The Balaban J connectivity index is 2.15. The molecule has 0 aromatic heterocycles. The van der Waals surface area contributed by atoms with Gasteiger partial charge in [0.1, 0.15) is 12.0 Å². The molecule has 1 aliphatic heterocycles. The standard InChI is InChI=1S/C17H17Cl2NO3/c18-10-5-4-8-16-14(12-21)15(19)9-11-20(16)17(22)23-13-6-2-1-3-7-13/h1-3,6-7,9,11-12,16H,4-5,8,10H2. The Morgan fingerprint density at radius 3 is 2.65 bits per heavy atom. The summed E-state index contributed by atoms with van der Waals surface area (Å²) < 4.78 is 5.35. The molecule has 1 aliphatic rings. The van der Waals surface area contributed by atoms with Crippen LogP contribution in [0.5, 0.6) is 5.75 Å². The number of alkyl halides is 1. The van der Waals surface area contributed by atoms with Gasteiger partial charge in [-0.2, -0.15) is 0 Å². The van der Waals surface area contributed by atoms with Crippen molar-refractivity contribution >= 4 is 35.6 Å². The number of ether oxygens (including phenoxy) is 1. The van der Waals surface area contributed by atoms with Crippen LogP contribution in [0.4, 0.5) is 4.79 Å². The zero-order valence-electron chi connectivity index (χ0n) is 12.5. The van der Waals surface area contributed by atoms with Crippen LogP contribution in [0.15, 0.2) is 53.2 Å². The van der Waals surface area contributed by atoms with Gasteiger partial charge in [-0.05, 0) is 37.5 Å². The summed E-state index contributed by atoms with van der Waals surface area (Å²) in [6, 6.07) is 8.33. The zero-order valence-corrected chi connectivity index (χ0v) is 14.0. The monoisotopic (exact) mass is 353 g/mol. The third-order valence-electron chi connectivity index (χ3n) is 3.50. The average Bonchev–Trinajstić information content (AvgIpc) is 2.56. The number of halogens is 2. The van der Waals surface area contributed by atoms with E-state index in [0.29, 0.717) is 34.9 Å². The third kappa shape index (κ3) is 4.60. The molecular formula is C17H17Cl2NO3. The largest absolute Gasteiger partial charge is 0.419 e. The third-order valence-corrected chi connectivity index (χ3v) is 4.11. The van der Waals surface area contributed by atoms with Gasteiger partial charge in [0.15, 0.2) is 0 Å². The highest BCUT2D eigenvalue weighted by Crippen LogP contribution is 2.28. The van der Waals surface area contributed by atoms with Gasteiger partial charge in [-0.15, -0.1) is 11.6 Å². The molecular weight excluding hydrogens is 337 g/mol. The van der Waals surface area contributed by atoms with Gasteiger partial charge in [-0.1, -0.05) is 29.8 Å². The summed E-state index contributed by atoms with van der Waals surface area (Å²) in [4.78, 5) is 25.2. The average molecular weight is 354 g/mol. The van der Waals surface area contributed by atoms with Crippen molar-refractivity contribution in [2.45, 2.75) is 25.3 Å². The highest BCUT2D eigenvalue weighted by atomic mass is 35.5. The van der Waals surface area contributed by atoms with Crippen LogP contribution in [0.2, 0.25) is 0 Å². The van der Waals surface area contributed by atoms with E-state index in [4.69, 9.17) is 27.9 Å². The molecule has 0 saturated heterocycles. The van der Waals surface area contributed by atoms with Crippen molar-refractivity contribution in [2.24, 2.45) is 0 Å². The molecule has 1 unspecified atom stereocenters. The summed E-state index contributed by atoms with van der Waals surface area (Å²) in [5, 5.41) is 0.347. The zero-order chi connectivity index (χ0) is 16.7. The van der Waals surface area contributed by atoms with E-state index < -0.39 is 12.1 Å². The van der Waals surface area contributed by atoms with E-state index in [9.17, 15) is 9.59 Å². The molecule has 4 nitrogen and oxygen atoms in total. The van der Waals surface area contributed by atoms with Crippen molar-refractivity contribution in [3.63, 3.8) is 0 Å². The highest BCUT2D eigenvalue weighted by molar-refractivity contribution is 6.33. The molecule has 0 aliphatic carbocycles. The number of carbonyl (C=O) groups excluding carboxylic acids is 2. The number of hydrogen-bond donors (Lipinski definition) is 0. The normalized spacial score (nSPS) is 17.3. The van der Waals surface area contributed by atoms with Gasteiger partial charge >= 0.3 is 6.09 Å². The van der Waals surface area contributed by atoms with Crippen LogP contribution in [0.1, 0.15) is 19.3 Å². The van der Waals surface area contributed by atoms with Crippen molar-refractivity contribution in [1.29, 1.82) is 0 Å². The summed E-state index contributed by atoms with van der Waals surface area (Å²) >= 11 is 11.8. The van der Waals surface area contributed by atoms with Crippen LogP contribution in [-0.4, -0.2) is 29.2 Å². The van der Waals surface area contributed by atoms with E-state index in [0.717, 1.165) is 12.8 Å². The first-order valence-corrected chi connectivity index (χ1v) is 8.23. The minimum absolute atomic E-state index is 0.347. The van der Waals surface area contributed by atoms with Gasteiger partial charge in [0.2, 0.25) is 0 Å². The quantitative estimate of drug-likeness (QED) is 0.430. The number of hydrogen-bond acceptors (Lipinski definition) is 3. The summed E-state index contributed by atoms with van der Waals surface area (Å²) in [6.07, 6.45) is 5.38. The Morgan fingerprint density at radius 2 is 2.00 bits per heavy atom. The molecule has 1 heterocycles. The van der Waals surface area contributed by atoms with Crippen LogP contribution >= 0.6 is 23.2 Å². The molecule has 122 valence electrons. The Morgan fingerprint density at radius 1 is 1.26 bits per heavy atom. The molecule has 0 fully saturated rings. The summed E-state index contributed by atoms with van der Waals surface area (Å²) in [5.41, 5.74) is 0.383. The van der Waals surface area contributed by atoms with Gasteiger partial charge < -0.3 is 4.74 Å². The van der Waals surface area contributed by atoms with E-state index in [1.165, 1.54) is 11.0 Å². The van der Waals surface area contributed by atoms with Crippen LogP contribution < -0.4 is 4.74 Å². The van der Waals surface area contributed by atoms with E-state index in [1.54, 1.807) is 30.5 Å². The Hall–Kier alpha value is -1.78. The first kappa shape index (κ1) is 17.6. The van der Waals surface area contributed by atoms with Crippen LogP contribution in [0.3, 0.4) is 0 Å². The minimum atomic E-state index is -0.549. The number of para-hydroxylation sites is 1. The Bertz CT molecular complexity index is 614. The van der Waals surface area contributed by atoms with E-state index >= 15 is 0 Å². The lowest BCUT2D eigenvalue weighted by Crippen LogP contribution is -2.41. The molecule has 0 spiro atoms. The molecule has 0 saturated carbocycles. The number of benzene rings is 1. The van der Waals surface area contributed by atoms with Crippen LogP contribution in [0, 0.1) is 0 Å². The fourth-order valence-corrected chi connectivity index (χ4v) is 2.76. The lowest BCUT2D eigenvalue weighted by Gasteiger charge is -2.31. The maximum atomic E-state index is 12.4. The predicted octanol–water partition coefficient (Wildman–Crippen LogP) is 4.48. The van der Waals surface area contributed by atoms with E-state index in [-0.39, 0.29) is 0 Å². The second-order valence-electron chi connectivity index (χ2n) is 5.03. The maximum Gasteiger partial charge on any atom is 0.419 e. The second-order valence-corrected chi connectivity index (χ2v) is 5.81. The summed E-state index contributed by atoms with van der Waals surface area (Å²) in [7, 11) is 0. The molecule has 1 aromatic carbocycles. The number of unbranched alkanes of at least 4 members (excludes halogenated alkanes) is 1. The van der Waals surface area contributed by atoms with Gasteiger partial charge in [-0.25, -0.2) is 4.79 Å². The van der Waals surface area contributed by atoms with E-state index in [2.05, 4.69) is 0 Å². The van der Waals surface area contributed by atoms with E-state index in [1.807, 2.05) is 6.07 Å². The topological polar surface area (TPSA) is 46.6 Å². The number of aldehydes is 1. The van der Waals surface area contributed by atoms with Gasteiger partial charge in [0, 0.05) is 17.7 Å². The van der Waals surface area contributed by atoms with Crippen molar-refractivity contribution in [3.8, 4) is 5.75 Å². The van der Waals surface area contributed by atoms with Crippen molar-refractivity contribution in [1.82, 2.24) is 4.90 Å². The number of amides is 1. The molecule has 1 atom stereocenters. The molecule has 0 bridgehead atoms. The number of rotatable bonds is 6. The number of carbonyl (C=O) groups is 2. The smallest absolute Gasteiger partial charge is 0.410 e. The SMILES string of the molecule is O=CC1=C(Cl)C=CN(C(=O)Oc2ccccc2)C1CCCCCl. The molecule has 0 radical (unpaired) electrons. The first-order chi connectivity index (χ1) is 11.2. The van der Waals surface area contributed by atoms with Gasteiger partial charge in [0.05, 0.1) is 11.1 Å². The molecule has 2 rings (SSSR count). The molecule has 1 amide bonds. The Labute approximate surface area is 145 Å². The van der Waals surface area contributed by atoms with Crippen molar-refractivity contribution in [2.75, 3.05) is 5.88 Å². The fourth-order valence-electron chi connectivity index (χ4n) is 2.35. The van der Waals surface area contributed by atoms with Gasteiger partial charge in [0.25, 0.3) is 0 Å². The Kier molecular flexibility index (Phi) is 6.68. The van der Waals surface area contributed by atoms with Crippen LogP contribution in [-0.2, 0) is 4.79 Å². The molecule has 23 heavy (non-hydrogen) atoms. The molecule has 1 aromatic rings. The fraction of sp³-hybridized carbons (Fsp3) is 0.294. The number of nitrogens with zero attached hydrogens (tertiary/aromatic N) is 1. The lowest BCUT2D eigenvalue weighted by molar-refractivity contribution is -0.105. The predicted molar refractivity (Wildman–Crippen MR) is 90.7 cm³/mol. The summed E-state index contributed by atoms with van der Waals surface area (Å²) in [6.45, 7) is 0. The highest BCUT2D eigenvalue weighted by Gasteiger charge is 2.30.